The van der Waals surface area contributed by atoms with Gasteiger partial charge in [-0.25, -0.2) is 0 Å². The van der Waals surface area contributed by atoms with E-state index in [2.05, 4.69) is 19.9 Å². The van der Waals surface area contributed by atoms with E-state index >= 15 is 0 Å². The zero-order chi connectivity index (χ0) is 9.84. The van der Waals surface area contributed by atoms with E-state index in [4.69, 9.17) is 0 Å². The molecule has 0 aromatic heterocycles. The molecule has 1 aromatic rings. The van der Waals surface area contributed by atoms with Gasteiger partial charge in [0, 0.05) is 5.56 Å². The predicted octanol–water partition coefficient (Wildman–Crippen LogP) is 3.23. The van der Waals surface area contributed by atoms with Crippen LogP contribution in [0.15, 0.2) is 24.3 Å². The van der Waals surface area contributed by atoms with Crippen LogP contribution >= 0.6 is 0 Å². The lowest BCUT2D eigenvalue weighted by Crippen LogP contribution is -1.88. The van der Waals surface area contributed by atoms with Gasteiger partial charge in [0.05, 0.1) is 0 Å². The molecular formula is C12H14O. The summed E-state index contributed by atoms with van der Waals surface area (Å²) in [5, 5.41) is 0. The molecule has 0 aliphatic carbocycles. The first kappa shape index (κ1) is 9.72. The van der Waals surface area contributed by atoms with Gasteiger partial charge in [-0.3, -0.25) is 4.79 Å². The Kier molecular flexibility index (Phi) is 3.02. The van der Waals surface area contributed by atoms with Crippen LogP contribution < -0.4 is 0 Å². The summed E-state index contributed by atoms with van der Waals surface area (Å²) in [5.41, 5.74) is 4.32. The number of hydrogen-bond acceptors (Lipinski definition) is 1. The van der Waals surface area contributed by atoms with Crippen molar-refractivity contribution in [2.75, 3.05) is 0 Å². The zero-order valence-corrected chi connectivity index (χ0v) is 8.29. The number of carbonyl (C=O) groups excluding carboxylic acids is 1. The SMILES string of the molecule is C/C=C(/C)c1cc(C=O)ccc1C. The molecule has 0 amide bonds. The fourth-order valence-electron chi connectivity index (χ4n) is 1.29. The number of allylic oxidation sites excluding steroid dienone is 2. The first-order valence-electron chi connectivity index (χ1n) is 4.38. The molecule has 0 unspecified atom stereocenters. The Morgan fingerprint density at radius 2 is 2.08 bits per heavy atom. The van der Waals surface area contributed by atoms with Gasteiger partial charge in [0.15, 0.2) is 0 Å². The first-order valence-corrected chi connectivity index (χ1v) is 4.38. The number of rotatable bonds is 2. The van der Waals surface area contributed by atoms with Crippen molar-refractivity contribution in [3.05, 3.63) is 41.0 Å². The van der Waals surface area contributed by atoms with Gasteiger partial charge in [-0.05, 0) is 43.5 Å². The maximum absolute atomic E-state index is 10.6. The number of benzene rings is 1. The average Bonchev–Trinajstić information content (AvgIpc) is 2.17. The zero-order valence-electron chi connectivity index (χ0n) is 8.29. The van der Waals surface area contributed by atoms with E-state index < -0.39 is 0 Å². The highest BCUT2D eigenvalue weighted by atomic mass is 16.1. The molecule has 1 rings (SSSR count). The maximum Gasteiger partial charge on any atom is 0.150 e. The average molecular weight is 174 g/mol. The molecule has 1 heteroatoms. The molecule has 0 aliphatic heterocycles. The Hall–Kier alpha value is -1.37. The van der Waals surface area contributed by atoms with Crippen molar-refractivity contribution < 1.29 is 4.79 Å². The molecule has 13 heavy (non-hydrogen) atoms. The summed E-state index contributed by atoms with van der Waals surface area (Å²) >= 11 is 0. The molecular weight excluding hydrogens is 160 g/mol. The molecule has 0 radical (unpaired) electrons. The standard InChI is InChI=1S/C12H14O/c1-4-9(2)12-7-11(8-13)6-5-10(12)3/h4-8H,1-3H3/b9-4-. The third-order valence-corrected chi connectivity index (χ3v) is 2.26. The van der Waals surface area contributed by atoms with Gasteiger partial charge in [-0.15, -0.1) is 0 Å². The van der Waals surface area contributed by atoms with Crippen molar-refractivity contribution in [3.8, 4) is 0 Å². The highest BCUT2D eigenvalue weighted by molar-refractivity contribution is 5.78. The van der Waals surface area contributed by atoms with E-state index in [1.54, 1.807) is 0 Å². The highest BCUT2D eigenvalue weighted by Gasteiger charge is 2.00. The van der Waals surface area contributed by atoms with Crippen LogP contribution in [-0.2, 0) is 0 Å². The van der Waals surface area contributed by atoms with Crippen molar-refractivity contribution in [1.29, 1.82) is 0 Å². The normalized spacial score (nSPS) is 11.5. The number of aryl methyl sites for hydroxylation is 1. The molecule has 0 aliphatic rings. The third kappa shape index (κ3) is 2.05. The van der Waals surface area contributed by atoms with Gasteiger partial charge in [0.2, 0.25) is 0 Å². The van der Waals surface area contributed by atoms with Crippen LogP contribution in [-0.4, -0.2) is 6.29 Å². The minimum Gasteiger partial charge on any atom is -0.298 e. The molecule has 1 aromatic carbocycles. The van der Waals surface area contributed by atoms with Crippen molar-refractivity contribution in [3.63, 3.8) is 0 Å². The number of carbonyl (C=O) groups is 1. The summed E-state index contributed by atoms with van der Waals surface area (Å²) in [4.78, 5) is 10.6. The van der Waals surface area contributed by atoms with Crippen molar-refractivity contribution in [1.82, 2.24) is 0 Å². The number of hydrogen-bond donors (Lipinski definition) is 0. The third-order valence-electron chi connectivity index (χ3n) is 2.26. The van der Waals surface area contributed by atoms with Gasteiger partial charge in [0.25, 0.3) is 0 Å². The summed E-state index contributed by atoms with van der Waals surface area (Å²) < 4.78 is 0. The Bertz CT molecular complexity index is 348. The smallest absolute Gasteiger partial charge is 0.150 e. The van der Waals surface area contributed by atoms with Crippen LogP contribution in [0.1, 0.15) is 35.3 Å². The summed E-state index contributed by atoms with van der Waals surface area (Å²) in [5.74, 6) is 0. The maximum atomic E-state index is 10.6. The van der Waals surface area contributed by atoms with Crippen LogP contribution in [0.5, 0.6) is 0 Å². The van der Waals surface area contributed by atoms with Crippen LogP contribution in [0, 0.1) is 6.92 Å². The Morgan fingerprint density at radius 1 is 1.38 bits per heavy atom. The summed E-state index contributed by atoms with van der Waals surface area (Å²) in [6.07, 6.45) is 2.93. The van der Waals surface area contributed by atoms with Gasteiger partial charge in [-0.1, -0.05) is 18.2 Å². The lowest BCUT2D eigenvalue weighted by molar-refractivity contribution is 0.112. The molecule has 0 saturated carbocycles. The number of aldehydes is 1. The van der Waals surface area contributed by atoms with E-state index in [9.17, 15) is 4.79 Å². The monoisotopic (exact) mass is 174 g/mol. The predicted molar refractivity (Wildman–Crippen MR) is 55.9 cm³/mol. The van der Waals surface area contributed by atoms with E-state index in [1.165, 1.54) is 11.1 Å². The van der Waals surface area contributed by atoms with Gasteiger partial charge in [0.1, 0.15) is 6.29 Å². The van der Waals surface area contributed by atoms with Crippen molar-refractivity contribution >= 4 is 11.9 Å². The van der Waals surface area contributed by atoms with Crippen LogP contribution in [0.3, 0.4) is 0 Å². The second-order valence-electron chi connectivity index (χ2n) is 3.16. The fourth-order valence-corrected chi connectivity index (χ4v) is 1.29. The highest BCUT2D eigenvalue weighted by Crippen LogP contribution is 2.19. The molecule has 0 N–H and O–H groups in total. The lowest BCUT2D eigenvalue weighted by atomic mass is 9.99. The summed E-state index contributed by atoms with van der Waals surface area (Å²) in [6, 6.07) is 5.75. The van der Waals surface area contributed by atoms with E-state index in [0.717, 1.165) is 17.4 Å². The topological polar surface area (TPSA) is 17.1 Å². The van der Waals surface area contributed by atoms with Gasteiger partial charge >= 0.3 is 0 Å². The summed E-state index contributed by atoms with van der Waals surface area (Å²) in [7, 11) is 0. The molecule has 0 saturated heterocycles. The van der Waals surface area contributed by atoms with E-state index in [0.29, 0.717) is 0 Å². The van der Waals surface area contributed by atoms with Crippen LogP contribution in [0.4, 0.5) is 0 Å². The quantitative estimate of drug-likeness (QED) is 0.629. The molecule has 0 atom stereocenters. The van der Waals surface area contributed by atoms with Crippen molar-refractivity contribution in [2.45, 2.75) is 20.8 Å². The Labute approximate surface area is 79.1 Å². The largest absolute Gasteiger partial charge is 0.298 e. The lowest BCUT2D eigenvalue weighted by Gasteiger charge is -2.05. The van der Waals surface area contributed by atoms with Gasteiger partial charge < -0.3 is 0 Å². The van der Waals surface area contributed by atoms with Crippen molar-refractivity contribution in [2.24, 2.45) is 0 Å². The van der Waals surface area contributed by atoms with Crippen LogP contribution in [0.25, 0.3) is 5.57 Å². The molecule has 68 valence electrons. The second kappa shape index (κ2) is 4.04. The first-order chi connectivity index (χ1) is 6.19. The van der Waals surface area contributed by atoms with E-state index in [1.807, 2.05) is 25.1 Å². The summed E-state index contributed by atoms with van der Waals surface area (Å²) in [6.45, 7) is 6.11. The van der Waals surface area contributed by atoms with E-state index in [-0.39, 0.29) is 0 Å². The molecule has 0 bridgehead atoms. The minimum atomic E-state index is 0.738. The fraction of sp³-hybridized carbons (Fsp3) is 0.250. The Morgan fingerprint density at radius 3 is 2.62 bits per heavy atom. The molecule has 1 nitrogen and oxygen atoms in total. The Balaban J connectivity index is 3.26. The minimum absolute atomic E-state index is 0.738. The molecule has 0 spiro atoms. The molecule has 0 heterocycles. The second-order valence-corrected chi connectivity index (χ2v) is 3.16. The van der Waals surface area contributed by atoms with Crippen LogP contribution in [0.2, 0.25) is 0 Å². The molecule has 0 fully saturated rings. The van der Waals surface area contributed by atoms with Gasteiger partial charge in [-0.2, -0.15) is 0 Å².